The largest absolute Gasteiger partial charge is 0.333 e. The number of nitrogens with one attached hydrogen (secondary N) is 1. The number of halogens is 2. The molecule has 0 aromatic heterocycles. The first-order valence-corrected chi connectivity index (χ1v) is 12.5. The number of hydrogen-bond donors (Lipinski definition) is 1. The minimum atomic E-state index is -3.31. The smallest absolute Gasteiger partial charge is 0.325 e. The topological polar surface area (TPSA) is 104 Å². The van der Waals surface area contributed by atoms with Crippen LogP contribution in [0.5, 0.6) is 0 Å². The molecule has 2 atom stereocenters. The normalized spacial score (nSPS) is 23.7. The van der Waals surface area contributed by atoms with Crippen LogP contribution in [0.4, 0.5) is 13.6 Å². The van der Waals surface area contributed by atoms with Gasteiger partial charge in [0.2, 0.25) is 5.91 Å². The van der Waals surface area contributed by atoms with Gasteiger partial charge in [0.1, 0.15) is 23.7 Å². The number of rotatable bonds is 6. The van der Waals surface area contributed by atoms with E-state index in [1.54, 1.807) is 30.3 Å². The van der Waals surface area contributed by atoms with Gasteiger partial charge >= 0.3 is 6.03 Å². The minimum Gasteiger partial charge on any atom is -0.333 e. The van der Waals surface area contributed by atoms with Gasteiger partial charge in [-0.25, -0.2) is 22.0 Å². The van der Waals surface area contributed by atoms with Crippen LogP contribution < -0.4 is 5.32 Å². The molecule has 2 aliphatic rings. The third-order valence-electron chi connectivity index (χ3n) is 6.20. The van der Waals surface area contributed by atoms with Crippen LogP contribution in [-0.4, -0.2) is 60.2 Å². The summed E-state index contributed by atoms with van der Waals surface area (Å²) >= 11 is 0. The molecule has 34 heavy (non-hydrogen) atoms. The number of benzene rings is 2. The molecule has 0 spiro atoms. The van der Waals surface area contributed by atoms with E-state index in [1.807, 2.05) is 0 Å². The Morgan fingerprint density at radius 2 is 1.88 bits per heavy atom. The summed E-state index contributed by atoms with van der Waals surface area (Å²) in [5.74, 6) is -3.47. The molecule has 0 aliphatic carbocycles. The van der Waals surface area contributed by atoms with Crippen molar-refractivity contribution in [3.63, 3.8) is 0 Å². The number of carbonyl (C=O) groups is 3. The predicted octanol–water partition coefficient (Wildman–Crippen LogP) is 1.95. The van der Waals surface area contributed by atoms with Crippen LogP contribution in [0.3, 0.4) is 0 Å². The summed E-state index contributed by atoms with van der Waals surface area (Å²) in [6, 6.07) is 9.95. The summed E-state index contributed by atoms with van der Waals surface area (Å²) in [6.45, 7) is 0.667. The summed E-state index contributed by atoms with van der Waals surface area (Å²) in [5, 5.41) is 2.36. The zero-order chi connectivity index (χ0) is 24.7. The molecule has 2 heterocycles. The number of imide groups is 1. The van der Waals surface area contributed by atoms with Crippen molar-refractivity contribution in [3.05, 3.63) is 71.3 Å². The summed E-state index contributed by atoms with van der Waals surface area (Å²) < 4.78 is 52.2. The third-order valence-corrected chi connectivity index (χ3v) is 7.95. The standard InChI is InChI=1S/C23H23F2N3O5S/c1-23(18-11-16(24)7-8-19(18)25)21(30)28(22(31)26-23)13-20(29)27(12-15-5-3-2-4-6-15)17-9-10-34(32,33)14-17/h2-8,11,17H,9-10,12-14H2,1H3,(H,26,31)/t17-,23-/m1/s1. The van der Waals surface area contributed by atoms with Crippen LogP contribution in [0.2, 0.25) is 0 Å². The SMILES string of the molecule is C[C@]1(c2cc(F)ccc2F)NC(=O)N(CC(=O)N(Cc2ccccc2)[C@@H]2CCS(=O)(=O)C2)C1=O. The summed E-state index contributed by atoms with van der Waals surface area (Å²) in [7, 11) is -3.31. The molecule has 2 aliphatic heterocycles. The van der Waals surface area contributed by atoms with Gasteiger partial charge in [0, 0.05) is 18.2 Å². The quantitative estimate of drug-likeness (QED) is 0.622. The fraction of sp³-hybridized carbons (Fsp3) is 0.348. The minimum absolute atomic E-state index is 0.0592. The lowest BCUT2D eigenvalue weighted by Gasteiger charge is -2.30. The number of urea groups is 1. The van der Waals surface area contributed by atoms with Crippen molar-refractivity contribution in [1.82, 2.24) is 15.1 Å². The van der Waals surface area contributed by atoms with Crippen molar-refractivity contribution in [3.8, 4) is 0 Å². The highest BCUT2D eigenvalue weighted by molar-refractivity contribution is 7.91. The Labute approximate surface area is 195 Å². The molecular weight excluding hydrogens is 468 g/mol. The fourth-order valence-electron chi connectivity index (χ4n) is 4.35. The van der Waals surface area contributed by atoms with Gasteiger partial charge in [-0.05, 0) is 37.1 Å². The van der Waals surface area contributed by atoms with Crippen molar-refractivity contribution in [2.45, 2.75) is 31.5 Å². The van der Waals surface area contributed by atoms with Crippen LogP contribution in [0.1, 0.15) is 24.5 Å². The Balaban J connectivity index is 1.59. The lowest BCUT2D eigenvalue weighted by Crippen LogP contribution is -2.48. The first kappa shape index (κ1) is 23.8. The Morgan fingerprint density at radius 3 is 2.53 bits per heavy atom. The fourth-order valence-corrected chi connectivity index (χ4v) is 6.08. The zero-order valence-electron chi connectivity index (χ0n) is 18.3. The van der Waals surface area contributed by atoms with Crippen LogP contribution in [0.25, 0.3) is 0 Å². The maximum Gasteiger partial charge on any atom is 0.325 e. The number of hydrogen-bond acceptors (Lipinski definition) is 5. The maximum atomic E-state index is 14.4. The van der Waals surface area contributed by atoms with Gasteiger partial charge in [0.05, 0.1) is 11.5 Å². The van der Waals surface area contributed by atoms with Crippen molar-refractivity contribution in [2.24, 2.45) is 0 Å². The Hall–Kier alpha value is -3.34. The van der Waals surface area contributed by atoms with E-state index in [4.69, 9.17) is 0 Å². The Bertz CT molecular complexity index is 1250. The van der Waals surface area contributed by atoms with Gasteiger partial charge in [-0.1, -0.05) is 30.3 Å². The molecule has 11 heteroatoms. The van der Waals surface area contributed by atoms with Gasteiger partial charge in [-0.2, -0.15) is 0 Å². The van der Waals surface area contributed by atoms with E-state index in [2.05, 4.69) is 5.32 Å². The highest BCUT2D eigenvalue weighted by Crippen LogP contribution is 2.31. The molecule has 0 unspecified atom stereocenters. The highest BCUT2D eigenvalue weighted by Gasteiger charge is 2.51. The molecule has 0 radical (unpaired) electrons. The number of carbonyl (C=O) groups excluding carboxylic acids is 3. The van der Waals surface area contributed by atoms with E-state index in [1.165, 1.54) is 11.8 Å². The van der Waals surface area contributed by atoms with Crippen molar-refractivity contribution in [2.75, 3.05) is 18.1 Å². The molecule has 2 saturated heterocycles. The Kier molecular flexibility index (Phi) is 6.15. The monoisotopic (exact) mass is 491 g/mol. The van der Waals surface area contributed by atoms with Gasteiger partial charge in [-0.15, -0.1) is 0 Å². The van der Waals surface area contributed by atoms with E-state index in [0.29, 0.717) is 4.90 Å². The highest BCUT2D eigenvalue weighted by atomic mass is 32.2. The molecule has 0 saturated carbocycles. The number of sulfone groups is 1. The van der Waals surface area contributed by atoms with E-state index >= 15 is 0 Å². The van der Waals surface area contributed by atoms with Gasteiger partial charge < -0.3 is 10.2 Å². The van der Waals surface area contributed by atoms with E-state index in [0.717, 1.165) is 23.8 Å². The van der Waals surface area contributed by atoms with Gasteiger partial charge in [0.25, 0.3) is 5.91 Å². The Morgan fingerprint density at radius 1 is 1.18 bits per heavy atom. The van der Waals surface area contributed by atoms with E-state index in [-0.39, 0.29) is 30.0 Å². The molecule has 8 nitrogen and oxygen atoms in total. The predicted molar refractivity (Wildman–Crippen MR) is 118 cm³/mol. The second-order valence-electron chi connectivity index (χ2n) is 8.63. The van der Waals surface area contributed by atoms with Crippen molar-refractivity contribution >= 4 is 27.7 Å². The van der Waals surface area contributed by atoms with Gasteiger partial charge in [-0.3, -0.25) is 14.5 Å². The van der Waals surface area contributed by atoms with Crippen molar-refractivity contribution < 1.29 is 31.6 Å². The van der Waals surface area contributed by atoms with Crippen LogP contribution in [0.15, 0.2) is 48.5 Å². The van der Waals surface area contributed by atoms with Crippen LogP contribution in [0, 0.1) is 11.6 Å². The third kappa shape index (κ3) is 4.52. The lowest BCUT2D eigenvalue weighted by molar-refractivity contribution is -0.140. The van der Waals surface area contributed by atoms with Crippen LogP contribution >= 0.6 is 0 Å². The molecular formula is C23H23F2N3O5S. The molecule has 2 aromatic carbocycles. The molecule has 4 amide bonds. The molecule has 4 rings (SSSR count). The summed E-state index contributed by atoms with van der Waals surface area (Å²) in [5.41, 5.74) is -1.50. The maximum absolute atomic E-state index is 14.4. The molecule has 180 valence electrons. The van der Waals surface area contributed by atoms with Gasteiger partial charge in [0.15, 0.2) is 9.84 Å². The van der Waals surface area contributed by atoms with E-state index < -0.39 is 57.4 Å². The second-order valence-corrected chi connectivity index (χ2v) is 10.9. The molecule has 2 fully saturated rings. The summed E-state index contributed by atoms with van der Waals surface area (Å²) in [4.78, 5) is 41.0. The molecule has 0 bridgehead atoms. The average molecular weight is 492 g/mol. The lowest BCUT2D eigenvalue weighted by atomic mass is 9.91. The molecule has 2 aromatic rings. The van der Waals surface area contributed by atoms with Crippen LogP contribution in [-0.2, 0) is 31.5 Å². The first-order chi connectivity index (χ1) is 16.0. The summed E-state index contributed by atoms with van der Waals surface area (Å²) in [6.07, 6.45) is 0.243. The number of amides is 4. The van der Waals surface area contributed by atoms with E-state index in [9.17, 15) is 31.6 Å². The number of nitrogens with zero attached hydrogens (tertiary/aromatic N) is 2. The molecule has 1 N–H and O–H groups in total. The van der Waals surface area contributed by atoms with Crippen molar-refractivity contribution in [1.29, 1.82) is 0 Å². The first-order valence-electron chi connectivity index (χ1n) is 10.6. The second kappa shape index (κ2) is 8.79. The average Bonchev–Trinajstić information content (AvgIpc) is 3.25. The zero-order valence-corrected chi connectivity index (χ0v) is 19.1.